The normalized spacial score (nSPS) is 12.0. The zero-order valence-corrected chi connectivity index (χ0v) is 9.16. The van der Waals surface area contributed by atoms with Crippen molar-refractivity contribution < 1.29 is 19.0 Å². The summed E-state index contributed by atoms with van der Waals surface area (Å²) in [6.07, 6.45) is -0.659. The van der Waals surface area contributed by atoms with Gasteiger partial charge in [-0.25, -0.2) is 4.39 Å². The Labute approximate surface area is 93.0 Å². The van der Waals surface area contributed by atoms with Crippen molar-refractivity contribution in [3.8, 4) is 5.75 Å². The largest absolute Gasteiger partial charge is 0.489 e. The third kappa shape index (κ3) is 3.86. The highest BCUT2D eigenvalue weighted by Crippen LogP contribution is 2.25. The lowest BCUT2D eigenvalue weighted by molar-refractivity contribution is -0.114. The summed E-state index contributed by atoms with van der Waals surface area (Å²) < 4.78 is 18.1. The monoisotopic (exact) mass is 227 g/mol. The fourth-order valence-electron chi connectivity index (χ4n) is 1.12. The minimum atomic E-state index is -0.659. The van der Waals surface area contributed by atoms with E-state index in [4.69, 9.17) is 9.84 Å². The summed E-state index contributed by atoms with van der Waals surface area (Å²) in [5.74, 6) is -0.528. The van der Waals surface area contributed by atoms with Crippen LogP contribution in [0.3, 0.4) is 0 Å². The van der Waals surface area contributed by atoms with Gasteiger partial charge in [0.25, 0.3) is 0 Å². The number of carbonyl (C=O) groups excluding carboxylic acids is 1. The third-order valence-electron chi connectivity index (χ3n) is 1.73. The number of aliphatic hydroxyl groups is 1. The van der Waals surface area contributed by atoms with Gasteiger partial charge in [-0.1, -0.05) is 0 Å². The molecule has 0 aliphatic heterocycles. The highest BCUT2D eigenvalue weighted by atomic mass is 19.1. The summed E-state index contributed by atoms with van der Waals surface area (Å²) in [7, 11) is 0. The highest BCUT2D eigenvalue weighted by Gasteiger charge is 2.08. The first-order valence-corrected chi connectivity index (χ1v) is 4.87. The number of carbonyl (C=O) groups is 1. The van der Waals surface area contributed by atoms with E-state index in [1.807, 2.05) is 0 Å². The number of anilines is 1. The van der Waals surface area contributed by atoms with Crippen molar-refractivity contribution in [2.24, 2.45) is 0 Å². The minimum Gasteiger partial charge on any atom is -0.489 e. The molecule has 0 aliphatic rings. The van der Waals surface area contributed by atoms with Crippen molar-refractivity contribution in [3.05, 3.63) is 24.0 Å². The van der Waals surface area contributed by atoms with E-state index in [0.29, 0.717) is 5.69 Å². The number of nitrogens with one attached hydrogen (secondary N) is 1. The summed E-state index contributed by atoms with van der Waals surface area (Å²) in [6, 6.07) is 3.79. The van der Waals surface area contributed by atoms with Crippen molar-refractivity contribution in [1.29, 1.82) is 0 Å². The number of rotatable bonds is 4. The second kappa shape index (κ2) is 5.46. The van der Waals surface area contributed by atoms with Gasteiger partial charge in [0, 0.05) is 13.0 Å². The van der Waals surface area contributed by atoms with Crippen LogP contribution >= 0.6 is 0 Å². The van der Waals surface area contributed by atoms with Gasteiger partial charge in [0.1, 0.15) is 18.2 Å². The van der Waals surface area contributed by atoms with Crippen LogP contribution < -0.4 is 10.1 Å². The predicted octanol–water partition coefficient (Wildman–Crippen LogP) is 1.54. The molecule has 88 valence electrons. The van der Waals surface area contributed by atoms with Gasteiger partial charge in [0.2, 0.25) is 5.91 Å². The van der Waals surface area contributed by atoms with E-state index in [1.54, 1.807) is 6.92 Å². The highest BCUT2D eigenvalue weighted by molar-refractivity contribution is 5.90. The van der Waals surface area contributed by atoms with Crippen molar-refractivity contribution >= 4 is 11.6 Å². The second-order valence-electron chi connectivity index (χ2n) is 3.48. The number of aliphatic hydroxyl groups excluding tert-OH is 1. The molecule has 0 unspecified atom stereocenters. The van der Waals surface area contributed by atoms with Crippen LogP contribution in [0, 0.1) is 5.82 Å². The SMILES string of the molecule is CC(=O)Nc1ccc(F)cc1OC[C@H](C)O. The van der Waals surface area contributed by atoms with Crippen LogP contribution in [-0.2, 0) is 4.79 Å². The Morgan fingerprint density at radius 1 is 1.62 bits per heavy atom. The van der Waals surface area contributed by atoms with Gasteiger partial charge >= 0.3 is 0 Å². The summed E-state index contributed by atoms with van der Waals surface area (Å²) in [4.78, 5) is 10.9. The molecule has 0 aliphatic carbocycles. The lowest BCUT2D eigenvalue weighted by Gasteiger charge is -2.12. The molecule has 1 atom stereocenters. The molecular weight excluding hydrogens is 213 g/mol. The Kier molecular flexibility index (Phi) is 4.25. The van der Waals surface area contributed by atoms with Gasteiger partial charge in [0.05, 0.1) is 11.8 Å². The maximum atomic E-state index is 13.0. The van der Waals surface area contributed by atoms with Crippen LogP contribution in [0.2, 0.25) is 0 Å². The smallest absolute Gasteiger partial charge is 0.221 e. The molecule has 16 heavy (non-hydrogen) atoms. The molecule has 1 rings (SSSR count). The van der Waals surface area contributed by atoms with Crippen LogP contribution in [0.4, 0.5) is 10.1 Å². The predicted molar refractivity (Wildman–Crippen MR) is 57.9 cm³/mol. The molecule has 0 fully saturated rings. The number of benzene rings is 1. The number of amides is 1. The molecule has 0 bridgehead atoms. The molecule has 5 heteroatoms. The van der Waals surface area contributed by atoms with E-state index < -0.39 is 11.9 Å². The molecule has 2 N–H and O–H groups in total. The van der Waals surface area contributed by atoms with E-state index in [0.717, 1.165) is 6.07 Å². The van der Waals surface area contributed by atoms with Crippen molar-refractivity contribution in [2.75, 3.05) is 11.9 Å². The summed E-state index contributed by atoms with van der Waals surface area (Å²) in [5.41, 5.74) is 0.384. The molecule has 1 aromatic rings. The molecule has 0 radical (unpaired) electrons. The zero-order valence-electron chi connectivity index (χ0n) is 9.16. The van der Waals surface area contributed by atoms with Crippen LogP contribution in [0.15, 0.2) is 18.2 Å². The Balaban J connectivity index is 2.85. The Morgan fingerprint density at radius 3 is 2.88 bits per heavy atom. The van der Waals surface area contributed by atoms with E-state index >= 15 is 0 Å². The molecule has 1 amide bonds. The van der Waals surface area contributed by atoms with E-state index in [2.05, 4.69) is 5.32 Å². The van der Waals surface area contributed by atoms with Crippen LogP contribution in [0.5, 0.6) is 5.75 Å². The lowest BCUT2D eigenvalue weighted by Crippen LogP contribution is -2.15. The van der Waals surface area contributed by atoms with Crippen molar-refractivity contribution in [2.45, 2.75) is 20.0 Å². The van der Waals surface area contributed by atoms with Crippen molar-refractivity contribution in [1.82, 2.24) is 0 Å². The molecule has 0 saturated carbocycles. The van der Waals surface area contributed by atoms with Gasteiger partial charge in [-0.15, -0.1) is 0 Å². The molecule has 4 nitrogen and oxygen atoms in total. The summed E-state index contributed by atoms with van der Waals surface area (Å²) in [6.45, 7) is 2.94. The topological polar surface area (TPSA) is 58.6 Å². The molecule has 0 saturated heterocycles. The number of ether oxygens (including phenoxy) is 1. The van der Waals surface area contributed by atoms with Crippen LogP contribution in [-0.4, -0.2) is 23.7 Å². The maximum absolute atomic E-state index is 13.0. The Hall–Kier alpha value is -1.62. The average Bonchev–Trinajstić information content (AvgIpc) is 2.17. The quantitative estimate of drug-likeness (QED) is 0.820. The van der Waals surface area contributed by atoms with E-state index in [-0.39, 0.29) is 18.3 Å². The maximum Gasteiger partial charge on any atom is 0.221 e. The zero-order chi connectivity index (χ0) is 12.1. The fraction of sp³-hybridized carbons (Fsp3) is 0.364. The van der Waals surface area contributed by atoms with Gasteiger partial charge < -0.3 is 15.2 Å². The van der Waals surface area contributed by atoms with Crippen LogP contribution in [0.1, 0.15) is 13.8 Å². The average molecular weight is 227 g/mol. The Bertz CT molecular complexity index is 379. The van der Waals surface area contributed by atoms with Crippen molar-refractivity contribution in [3.63, 3.8) is 0 Å². The van der Waals surface area contributed by atoms with Gasteiger partial charge in [-0.2, -0.15) is 0 Å². The first-order valence-electron chi connectivity index (χ1n) is 4.87. The molecule has 0 heterocycles. The lowest BCUT2D eigenvalue weighted by atomic mass is 10.2. The third-order valence-corrected chi connectivity index (χ3v) is 1.73. The first kappa shape index (κ1) is 12.4. The Morgan fingerprint density at radius 2 is 2.31 bits per heavy atom. The fourth-order valence-corrected chi connectivity index (χ4v) is 1.12. The van der Waals surface area contributed by atoms with Gasteiger partial charge in [-0.3, -0.25) is 4.79 Å². The minimum absolute atomic E-state index is 0.0377. The number of halogens is 1. The van der Waals surface area contributed by atoms with Crippen LogP contribution in [0.25, 0.3) is 0 Å². The first-order chi connectivity index (χ1) is 7.49. The summed E-state index contributed by atoms with van der Waals surface area (Å²) >= 11 is 0. The standard InChI is InChI=1S/C11H14FNO3/c1-7(14)6-16-11-5-9(12)3-4-10(11)13-8(2)15/h3-5,7,14H,6H2,1-2H3,(H,13,15)/t7-/m0/s1. The molecule has 0 aromatic heterocycles. The number of hydrogen-bond donors (Lipinski definition) is 2. The molecular formula is C11H14FNO3. The second-order valence-corrected chi connectivity index (χ2v) is 3.48. The van der Waals surface area contributed by atoms with E-state index in [1.165, 1.54) is 19.1 Å². The number of hydrogen-bond acceptors (Lipinski definition) is 3. The van der Waals surface area contributed by atoms with E-state index in [9.17, 15) is 9.18 Å². The van der Waals surface area contributed by atoms with Gasteiger partial charge in [-0.05, 0) is 19.1 Å². The molecule has 0 spiro atoms. The summed E-state index contributed by atoms with van der Waals surface area (Å²) in [5, 5.41) is 11.6. The molecule has 1 aromatic carbocycles. The van der Waals surface area contributed by atoms with Gasteiger partial charge in [0.15, 0.2) is 0 Å².